The van der Waals surface area contributed by atoms with Crippen LogP contribution in [0.4, 0.5) is 0 Å². The number of nitrogens with two attached hydrogens (primary N) is 1. The van der Waals surface area contributed by atoms with E-state index in [2.05, 4.69) is 20.1 Å². The van der Waals surface area contributed by atoms with Gasteiger partial charge in [0.1, 0.15) is 36.8 Å². The number of carbonyl (C=O) groups is 11. The molecule has 0 bridgehead atoms. The Morgan fingerprint density at radius 3 is 1.61 bits per heavy atom. The van der Waals surface area contributed by atoms with Crippen LogP contribution in [0.3, 0.4) is 0 Å². The molecule has 0 saturated carbocycles. The number of rotatable bonds is 61. The minimum Gasteiger partial charge on any atom is -0.481 e. The van der Waals surface area contributed by atoms with Crippen LogP contribution in [0, 0.1) is 5.92 Å². The van der Waals surface area contributed by atoms with Crippen LogP contribution in [-0.4, -0.2) is 214 Å². The number of carbonyl (C=O) groups excluding carboxylic acids is 8. The fraction of sp³-hybridized carbons (Fsp3) is 0.657. The second-order valence-corrected chi connectivity index (χ2v) is 24.8. The maximum Gasteiger partial charge on any atom is 0.446 e. The van der Waals surface area contributed by atoms with Gasteiger partial charge in [-0.15, -0.1) is 0 Å². The summed E-state index contributed by atoms with van der Waals surface area (Å²) in [7, 11) is -2.28. The summed E-state index contributed by atoms with van der Waals surface area (Å²) < 4.78 is 58.0. The average molecular weight is 1380 g/mol. The third kappa shape index (κ3) is 40.4. The number of carboxylic acids is 3. The molecule has 2 aromatic carbocycles. The smallest absolute Gasteiger partial charge is 0.446 e. The number of ketones is 4. The van der Waals surface area contributed by atoms with Gasteiger partial charge < -0.3 is 64.6 Å². The lowest BCUT2D eigenvalue weighted by Gasteiger charge is -2.35. The normalized spacial score (nSPS) is 13.0. The number of benzene rings is 2. The Bertz CT molecular complexity index is 2790. The van der Waals surface area contributed by atoms with Crippen LogP contribution >= 0.6 is 0 Å². The summed E-state index contributed by atoms with van der Waals surface area (Å²) in [5.74, 6) is -8.43. The zero-order chi connectivity index (χ0) is 71.1. The van der Waals surface area contributed by atoms with Crippen molar-refractivity contribution in [2.24, 2.45) is 11.7 Å². The summed E-state index contributed by atoms with van der Waals surface area (Å²) >= 11 is 0. The Morgan fingerprint density at radius 1 is 0.521 bits per heavy atom. The van der Waals surface area contributed by atoms with Gasteiger partial charge in [0, 0.05) is 65.8 Å². The fourth-order valence-electron chi connectivity index (χ4n) is 10.3. The monoisotopic (exact) mass is 1380 g/mol. The molecule has 96 heavy (non-hydrogen) atoms. The van der Waals surface area contributed by atoms with E-state index in [0.29, 0.717) is 43.2 Å². The molecule has 5 atom stereocenters. The number of hydrogen-bond donors (Lipinski definition) is 8. The minimum atomic E-state index is -4.83. The molecule has 28 nitrogen and oxygen atoms in total. The Morgan fingerprint density at radius 2 is 1.05 bits per heavy atom. The Labute approximate surface area is 564 Å². The number of nitrogens with one attached hydrogen (secondary N) is 3. The van der Waals surface area contributed by atoms with Crippen molar-refractivity contribution in [1.29, 1.82) is 0 Å². The number of aliphatic carboxylic acids is 3. The third-order valence-corrected chi connectivity index (χ3v) is 16.2. The van der Waals surface area contributed by atoms with Crippen LogP contribution in [0.5, 0.6) is 5.75 Å². The first-order valence-electron chi connectivity index (χ1n) is 33.2. The molecular formula is C67H104N6O22S. The zero-order valence-corrected chi connectivity index (χ0v) is 56.9. The quantitative estimate of drug-likeness (QED) is 0.0318. The van der Waals surface area contributed by atoms with Gasteiger partial charge in [-0.05, 0) is 61.8 Å². The van der Waals surface area contributed by atoms with Gasteiger partial charge in [-0.25, -0.2) is 0 Å². The summed E-state index contributed by atoms with van der Waals surface area (Å²) in [6.45, 7) is 1.51. The lowest BCUT2D eigenvalue weighted by atomic mass is 9.94. The van der Waals surface area contributed by atoms with Crippen molar-refractivity contribution >= 4 is 75.1 Å². The van der Waals surface area contributed by atoms with Crippen LogP contribution in [0.2, 0.25) is 0 Å². The van der Waals surface area contributed by atoms with Crippen LogP contribution in [0.15, 0.2) is 54.6 Å². The van der Waals surface area contributed by atoms with Gasteiger partial charge in [-0.3, -0.25) is 62.6 Å². The molecule has 0 aliphatic rings. The Kier molecular flexibility index (Phi) is 44.5. The van der Waals surface area contributed by atoms with Gasteiger partial charge in [-0.2, -0.15) is 8.42 Å². The molecule has 2 rings (SSSR count). The largest absolute Gasteiger partial charge is 0.481 e. The summed E-state index contributed by atoms with van der Waals surface area (Å²) in [4.78, 5) is 142. The van der Waals surface area contributed by atoms with Crippen LogP contribution < -0.4 is 25.9 Å². The molecule has 0 spiro atoms. The van der Waals surface area contributed by atoms with Gasteiger partial charge in [0.05, 0.1) is 70.5 Å². The summed E-state index contributed by atoms with van der Waals surface area (Å²) in [5, 5.41) is 36.8. The van der Waals surface area contributed by atoms with E-state index in [1.165, 1.54) is 38.4 Å². The van der Waals surface area contributed by atoms with Gasteiger partial charge in [0.25, 0.3) is 0 Å². The number of carboxylic acid groups (broad SMARTS) is 3. The molecule has 0 radical (unpaired) electrons. The summed E-state index contributed by atoms with van der Waals surface area (Å²) in [5.41, 5.74) is 6.87. The van der Waals surface area contributed by atoms with E-state index in [9.17, 15) is 71.4 Å². The number of primary amides is 1. The highest BCUT2D eigenvalue weighted by molar-refractivity contribution is 7.81. The second kappa shape index (κ2) is 50.3. The van der Waals surface area contributed by atoms with Gasteiger partial charge >= 0.3 is 28.3 Å². The molecule has 29 heteroatoms. The van der Waals surface area contributed by atoms with Crippen LogP contribution in [-0.2, 0) is 94.9 Å². The van der Waals surface area contributed by atoms with Gasteiger partial charge in [0.2, 0.25) is 23.6 Å². The van der Waals surface area contributed by atoms with E-state index in [1.807, 2.05) is 6.92 Å². The number of hydrogen-bond acceptors (Lipinski definition) is 20. The molecule has 2 aromatic rings. The van der Waals surface area contributed by atoms with E-state index in [1.54, 1.807) is 30.3 Å². The Hall–Kier alpha value is -7.12. The third-order valence-electron chi connectivity index (χ3n) is 15.8. The molecule has 0 aliphatic heterocycles. The maximum absolute atomic E-state index is 14.2. The molecule has 0 saturated heterocycles. The molecule has 0 aromatic heterocycles. The maximum atomic E-state index is 14.2. The van der Waals surface area contributed by atoms with E-state index in [4.69, 9.17) is 34.3 Å². The zero-order valence-electron chi connectivity index (χ0n) is 56.1. The van der Waals surface area contributed by atoms with Crippen molar-refractivity contribution in [3.8, 4) is 5.75 Å². The molecule has 0 aliphatic carbocycles. The summed E-state index contributed by atoms with van der Waals surface area (Å²) in [6.07, 6.45) is 13.6. The molecule has 0 fully saturated rings. The first kappa shape index (κ1) is 85.0. The highest BCUT2D eigenvalue weighted by Gasteiger charge is 2.38. The highest BCUT2D eigenvalue weighted by Crippen LogP contribution is 2.20. The van der Waals surface area contributed by atoms with Crippen molar-refractivity contribution in [3.05, 3.63) is 65.7 Å². The van der Waals surface area contributed by atoms with E-state index >= 15 is 0 Å². The Balaban J connectivity index is 1.73. The number of likely N-dealkylation sites (N-methyl/N-ethyl adjacent to an activating group) is 2. The predicted octanol–water partition coefficient (Wildman–Crippen LogP) is 5.03. The topological polar surface area (TPSA) is 418 Å². The van der Waals surface area contributed by atoms with Crippen molar-refractivity contribution in [2.75, 3.05) is 86.6 Å². The van der Waals surface area contributed by atoms with Crippen LogP contribution in [0.1, 0.15) is 166 Å². The van der Waals surface area contributed by atoms with Crippen molar-refractivity contribution in [2.45, 2.75) is 192 Å². The number of ether oxygens (including phenoxy) is 4. The van der Waals surface area contributed by atoms with E-state index < -0.39 is 101 Å². The molecule has 0 unspecified atom stereocenters. The number of unbranched alkanes of at least 4 members (excludes halogenated alkanes) is 12. The minimum absolute atomic E-state index is 0.0207. The molecule has 540 valence electrons. The lowest BCUT2D eigenvalue weighted by Crippen LogP contribution is -2.58. The van der Waals surface area contributed by atoms with E-state index in [-0.39, 0.29) is 141 Å². The van der Waals surface area contributed by atoms with Gasteiger partial charge in [-0.1, -0.05) is 126 Å². The predicted molar refractivity (Wildman–Crippen MR) is 353 cm³/mol. The SMILES string of the molecule is CCCC[C@H](NCC(=O)[C@H](Cc1ccc(OS(=O)(=O)O)cc1)NCC(=O)COCCOCCCC(=O)COCCOCCNC(=O)CC[C@H](CC(=O)CCCCCCCCCCCCCCC(=O)O)C(=O)O)C(=O)N(C)[C@H](CC(=O)O)C(=O)N(C)[C@@H](Cc1ccccc1)C(N)=O. The van der Waals surface area contributed by atoms with Crippen molar-refractivity contribution in [1.82, 2.24) is 25.8 Å². The molecular weight excluding hydrogens is 1270 g/mol. The highest BCUT2D eigenvalue weighted by atomic mass is 32.3. The van der Waals surface area contributed by atoms with Crippen molar-refractivity contribution in [3.63, 3.8) is 0 Å². The number of amides is 4. The molecule has 0 heterocycles. The first-order chi connectivity index (χ1) is 45.8. The summed E-state index contributed by atoms with van der Waals surface area (Å²) in [6, 6.07) is 9.13. The standard InChI is InChI=1S/C67H104N6O22S/c1-4-5-26-56(65(84)73(3)59(44-63(81)82)66(85)72(2)58(64(68)83)42-49-22-17-16-18-23-49)71-46-60(77)57(41-50-28-31-55(32-29-50)95-96(88,89)90)70-45-54(76)48-94-39-37-91-35-21-25-53(75)47-93-40-38-92-36-34-69-61(78)33-30-51(67(86)87)43-52(74)24-19-14-12-10-8-6-7-9-11-13-15-20-27-62(79)80/h16-18,22-23,28-29,31-32,51,56-59,70-71H,4-15,19-21,24-27,30,33-48H2,1-3H3,(H2,68,83)(H,69,78)(H,79,80)(H,81,82)(H,86,87)(H,88,89,90)/t51-,56+,57+,58+,59-/m1/s1. The first-order valence-corrected chi connectivity index (χ1v) is 34.6. The average Bonchev–Trinajstić information content (AvgIpc) is 0.836. The number of Topliss-reactive ketones (excluding diaryl/α,β-unsaturated/α-hetero) is 4. The van der Waals surface area contributed by atoms with Gasteiger partial charge in [0.15, 0.2) is 17.3 Å². The van der Waals surface area contributed by atoms with E-state index in [0.717, 1.165) is 80.4 Å². The fourth-order valence-corrected chi connectivity index (χ4v) is 10.6. The molecule has 4 amide bonds. The number of nitrogens with zero attached hydrogens (tertiary/aromatic N) is 2. The lowest BCUT2D eigenvalue weighted by molar-refractivity contribution is -0.152. The van der Waals surface area contributed by atoms with Crippen LogP contribution in [0.25, 0.3) is 0 Å². The van der Waals surface area contributed by atoms with Crippen molar-refractivity contribution < 1.29 is 104 Å². The second-order valence-electron chi connectivity index (χ2n) is 23.8. The molecule has 9 N–H and O–H groups in total.